The quantitative estimate of drug-likeness (QED) is 0.846. The zero-order valence-electron chi connectivity index (χ0n) is 10.9. The molecule has 0 spiro atoms. The van der Waals surface area contributed by atoms with Crippen molar-refractivity contribution in [3.8, 4) is 6.07 Å². The summed E-state index contributed by atoms with van der Waals surface area (Å²) in [5.41, 5.74) is 7.08. The van der Waals surface area contributed by atoms with Crippen LogP contribution in [0.25, 0.3) is 0 Å². The molecule has 0 bridgehead atoms. The first-order valence-corrected chi connectivity index (χ1v) is 7.97. The van der Waals surface area contributed by atoms with Crippen molar-refractivity contribution in [2.75, 3.05) is 10.5 Å². The number of nitrogen functional groups attached to an aromatic ring is 1. The Kier molecular flexibility index (Phi) is 4.36. The topological polar surface area (TPSA) is 96.0 Å². The van der Waals surface area contributed by atoms with Crippen molar-refractivity contribution in [2.45, 2.75) is 5.75 Å². The second-order valence-corrected chi connectivity index (χ2v) is 6.56. The third kappa shape index (κ3) is 4.12. The SMILES string of the molecule is N#Cc1ccc(Cl)cc1NS(=O)(=O)Cc1ccc(N)cc1. The number of nitrogens with two attached hydrogens (primary N) is 1. The molecule has 3 N–H and O–H groups in total. The fourth-order valence-electron chi connectivity index (χ4n) is 1.74. The standard InChI is InChI=1S/C14H12ClN3O2S/c15-12-4-3-11(8-16)14(7-12)18-21(19,20)9-10-1-5-13(17)6-2-10/h1-7,18H,9,17H2. The van der Waals surface area contributed by atoms with Gasteiger partial charge in [-0.05, 0) is 35.9 Å². The van der Waals surface area contributed by atoms with E-state index in [1.54, 1.807) is 24.3 Å². The van der Waals surface area contributed by atoms with Crippen LogP contribution >= 0.6 is 11.6 Å². The van der Waals surface area contributed by atoms with E-state index >= 15 is 0 Å². The molecule has 2 aromatic rings. The van der Waals surface area contributed by atoms with E-state index in [-0.39, 0.29) is 17.0 Å². The number of sulfonamides is 1. The van der Waals surface area contributed by atoms with Crippen molar-refractivity contribution in [3.05, 3.63) is 58.6 Å². The van der Waals surface area contributed by atoms with Crippen molar-refractivity contribution >= 4 is 33.0 Å². The van der Waals surface area contributed by atoms with Gasteiger partial charge in [-0.2, -0.15) is 5.26 Å². The van der Waals surface area contributed by atoms with Crippen molar-refractivity contribution in [2.24, 2.45) is 0 Å². The number of nitriles is 1. The third-order valence-corrected chi connectivity index (χ3v) is 4.18. The fourth-order valence-corrected chi connectivity index (χ4v) is 3.11. The summed E-state index contributed by atoms with van der Waals surface area (Å²) in [7, 11) is -3.65. The van der Waals surface area contributed by atoms with Crippen LogP contribution in [0.4, 0.5) is 11.4 Å². The Labute approximate surface area is 128 Å². The maximum atomic E-state index is 12.1. The summed E-state index contributed by atoms with van der Waals surface area (Å²) >= 11 is 5.82. The molecule has 0 aliphatic rings. The van der Waals surface area contributed by atoms with Crippen LogP contribution in [0.2, 0.25) is 5.02 Å². The van der Waals surface area contributed by atoms with E-state index in [1.807, 2.05) is 6.07 Å². The Morgan fingerprint density at radius 3 is 2.48 bits per heavy atom. The lowest BCUT2D eigenvalue weighted by Gasteiger charge is -2.10. The predicted molar refractivity (Wildman–Crippen MR) is 83.3 cm³/mol. The first-order chi connectivity index (χ1) is 9.89. The smallest absolute Gasteiger partial charge is 0.236 e. The van der Waals surface area contributed by atoms with Crippen LogP contribution in [0.15, 0.2) is 42.5 Å². The average Bonchev–Trinajstić information content (AvgIpc) is 2.41. The summed E-state index contributed by atoms with van der Waals surface area (Å²) < 4.78 is 26.7. The molecule has 0 aliphatic carbocycles. The molecule has 5 nitrogen and oxygen atoms in total. The van der Waals surface area contributed by atoms with Gasteiger partial charge in [0.2, 0.25) is 10.0 Å². The molecule has 2 aromatic carbocycles. The number of hydrogen-bond donors (Lipinski definition) is 2. The van der Waals surface area contributed by atoms with E-state index in [1.165, 1.54) is 18.2 Å². The highest BCUT2D eigenvalue weighted by Gasteiger charge is 2.14. The molecule has 0 fully saturated rings. The molecule has 0 aromatic heterocycles. The second kappa shape index (κ2) is 6.04. The average molecular weight is 322 g/mol. The Morgan fingerprint density at radius 1 is 1.19 bits per heavy atom. The molecule has 0 heterocycles. The number of rotatable bonds is 4. The van der Waals surface area contributed by atoms with Gasteiger partial charge in [0.1, 0.15) is 6.07 Å². The molecule has 0 amide bonds. The van der Waals surface area contributed by atoms with E-state index in [0.717, 1.165) is 0 Å². The van der Waals surface area contributed by atoms with Crippen LogP contribution in [0.3, 0.4) is 0 Å². The minimum atomic E-state index is -3.65. The van der Waals surface area contributed by atoms with Crippen LogP contribution in [-0.4, -0.2) is 8.42 Å². The van der Waals surface area contributed by atoms with Crippen LogP contribution in [0, 0.1) is 11.3 Å². The molecule has 7 heteroatoms. The van der Waals surface area contributed by atoms with Crippen LogP contribution < -0.4 is 10.5 Å². The molecule has 0 aliphatic heterocycles. The fraction of sp³-hybridized carbons (Fsp3) is 0.0714. The number of halogens is 1. The van der Waals surface area contributed by atoms with Gasteiger partial charge in [-0.3, -0.25) is 4.72 Å². The van der Waals surface area contributed by atoms with E-state index in [0.29, 0.717) is 16.3 Å². The van der Waals surface area contributed by atoms with Crippen LogP contribution in [-0.2, 0) is 15.8 Å². The Bertz CT molecular complexity index is 796. The molecule has 0 radical (unpaired) electrons. The highest BCUT2D eigenvalue weighted by atomic mass is 35.5. The van der Waals surface area contributed by atoms with Gasteiger partial charge in [0, 0.05) is 10.7 Å². The number of anilines is 2. The van der Waals surface area contributed by atoms with E-state index in [9.17, 15) is 8.42 Å². The minimum absolute atomic E-state index is 0.167. The van der Waals surface area contributed by atoms with Crippen molar-refractivity contribution in [1.29, 1.82) is 5.26 Å². The lowest BCUT2D eigenvalue weighted by atomic mass is 10.2. The van der Waals surface area contributed by atoms with Gasteiger partial charge in [-0.25, -0.2) is 8.42 Å². The first kappa shape index (κ1) is 15.2. The molecule has 0 unspecified atom stereocenters. The number of hydrogen-bond acceptors (Lipinski definition) is 4. The lowest BCUT2D eigenvalue weighted by Crippen LogP contribution is -2.16. The number of nitrogens with zero attached hydrogens (tertiary/aromatic N) is 1. The Morgan fingerprint density at radius 2 is 1.86 bits per heavy atom. The molecular weight excluding hydrogens is 310 g/mol. The Balaban J connectivity index is 2.24. The van der Waals surface area contributed by atoms with Gasteiger partial charge in [0.25, 0.3) is 0 Å². The summed E-state index contributed by atoms with van der Waals surface area (Å²) in [5, 5.41) is 9.33. The van der Waals surface area contributed by atoms with Gasteiger partial charge in [0.05, 0.1) is 17.0 Å². The zero-order chi connectivity index (χ0) is 15.5. The molecule has 21 heavy (non-hydrogen) atoms. The zero-order valence-corrected chi connectivity index (χ0v) is 12.4. The van der Waals surface area contributed by atoms with E-state index < -0.39 is 10.0 Å². The summed E-state index contributed by atoms with van der Waals surface area (Å²) in [6.45, 7) is 0. The molecule has 2 rings (SSSR count). The minimum Gasteiger partial charge on any atom is -0.399 e. The highest BCUT2D eigenvalue weighted by Crippen LogP contribution is 2.22. The first-order valence-electron chi connectivity index (χ1n) is 5.94. The van der Waals surface area contributed by atoms with Crippen LogP contribution in [0.5, 0.6) is 0 Å². The molecule has 0 saturated heterocycles. The lowest BCUT2D eigenvalue weighted by molar-refractivity contribution is 0.600. The van der Waals surface area contributed by atoms with Gasteiger partial charge in [0.15, 0.2) is 0 Å². The number of benzene rings is 2. The normalized spacial score (nSPS) is 10.9. The largest absolute Gasteiger partial charge is 0.399 e. The molecular formula is C14H12ClN3O2S. The summed E-state index contributed by atoms with van der Waals surface area (Å²) in [6, 6.07) is 12.8. The molecule has 0 saturated carbocycles. The van der Waals surface area contributed by atoms with E-state index in [4.69, 9.17) is 22.6 Å². The Hall–Kier alpha value is -2.23. The summed E-state index contributed by atoms with van der Waals surface area (Å²) in [4.78, 5) is 0. The van der Waals surface area contributed by atoms with Crippen molar-refractivity contribution in [1.82, 2.24) is 0 Å². The second-order valence-electron chi connectivity index (χ2n) is 4.40. The summed E-state index contributed by atoms with van der Waals surface area (Å²) in [5.74, 6) is -0.218. The highest BCUT2D eigenvalue weighted by molar-refractivity contribution is 7.91. The summed E-state index contributed by atoms with van der Waals surface area (Å²) in [6.07, 6.45) is 0. The van der Waals surface area contributed by atoms with Gasteiger partial charge in [-0.15, -0.1) is 0 Å². The predicted octanol–water partition coefficient (Wildman–Crippen LogP) is 2.74. The van der Waals surface area contributed by atoms with E-state index in [2.05, 4.69) is 4.72 Å². The van der Waals surface area contributed by atoms with Crippen molar-refractivity contribution in [3.63, 3.8) is 0 Å². The number of nitrogens with one attached hydrogen (secondary N) is 1. The maximum Gasteiger partial charge on any atom is 0.236 e. The maximum absolute atomic E-state index is 12.1. The van der Waals surface area contributed by atoms with Crippen LogP contribution in [0.1, 0.15) is 11.1 Å². The van der Waals surface area contributed by atoms with Gasteiger partial charge >= 0.3 is 0 Å². The van der Waals surface area contributed by atoms with Crippen molar-refractivity contribution < 1.29 is 8.42 Å². The third-order valence-electron chi connectivity index (χ3n) is 2.70. The van der Waals surface area contributed by atoms with Gasteiger partial charge in [-0.1, -0.05) is 23.7 Å². The van der Waals surface area contributed by atoms with Gasteiger partial charge < -0.3 is 5.73 Å². The monoisotopic (exact) mass is 321 g/mol. The molecule has 108 valence electrons. The molecule has 0 atom stereocenters.